The summed E-state index contributed by atoms with van der Waals surface area (Å²) in [7, 11) is 3.85. The maximum atomic E-state index is 12.4. The van der Waals surface area contributed by atoms with E-state index in [1.165, 1.54) is 51.4 Å². The van der Waals surface area contributed by atoms with Crippen LogP contribution in [-0.4, -0.2) is 49.7 Å². The van der Waals surface area contributed by atoms with Crippen molar-refractivity contribution in [2.24, 2.45) is 11.8 Å². The Balaban J connectivity index is 3.88. The fourth-order valence-corrected chi connectivity index (χ4v) is 3.70. The largest absolute Gasteiger partial charge is 0.459 e. The molecule has 0 spiro atoms. The number of hydrogen-bond donors (Lipinski definition) is 0. The number of nitrogens with zero attached hydrogens (tertiary/aromatic N) is 1. The lowest BCUT2D eigenvalue weighted by atomic mass is 10.0. The van der Waals surface area contributed by atoms with Gasteiger partial charge in [0.2, 0.25) is 0 Å². The molecule has 0 aromatic heterocycles. The number of esters is 2. The first kappa shape index (κ1) is 31.6. The lowest BCUT2D eigenvalue weighted by Crippen LogP contribution is -2.35. The summed E-state index contributed by atoms with van der Waals surface area (Å²) >= 11 is 0. The Morgan fingerprint density at radius 3 is 1.64 bits per heavy atom. The van der Waals surface area contributed by atoms with Gasteiger partial charge in [0.15, 0.2) is 0 Å². The summed E-state index contributed by atoms with van der Waals surface area (Å²) in [5.74, 6) is -0.798. The summed E-state index contributed by atoms with van der Waals surface area (Å²) in [6.45, 7) is 10.2. The summed E-state index contributed by atoms with van der Waals surface area (Å²) < 4.78 is 11.1. The molecule has 0 aliphatic rings. The third-order valence-electron chi connectivity index (χ3n) is 6.11. The van der Waals surface area contributed by atoms with Crippen molar-refractivity contribution < 1.29 is 19.1 Å². The molecule has 0 aromatic rings. The van der Waals surface area contributed by atoms with Gasteiger partial charge >= 0.3 is 11.9 Å². The number of carbonyl (C=O) groups excluding carboxylic acids is 2. The van der Waals surface area contributed by atoms with Gasteiger partial charge in [-0.2, -0.15) is 0 Å². The van der Waals surface area contributed by atoms with Crippen LogP contribution in [0.3, 0.4) is 0 Å². The van der Waals surface area contributed by atoms with Gasteiger partial charge in [-0.25, -0.2) is 0 Å². The number of ether oxygens (including phenoxy) is 2. The number of carbonyl (C=O) groups is 2. The molecule has 4 unspecified atom stereocenters. The van der Waals surface area contributed by atoms with Crippen LogP contribution in [0, 0.1) is 11.8 Å². The minimum absolute atomic E-state index is 0.129. The lowest BCUT2D eigenvalue weighted by molar-refractivity contribution is -0.170. The average Bonchev–Trinajstić information content (AvgIpc) is 2.75. The molecule has 5 heteroatoms. The van der Waals surface area contributed by atoms with E-state index in [2.05, 4.69) is 19.1 Å². The standard InChI is InChI=1S/C28H53NO4/c1-8-9-10-11-12-13-14-15-16-17-18-19-20-21-23(2)27(30)32-25(4)26(5)33-28(31)24(3)22-29(6)7/h14-15,23-26H,8-13,16-22H2,1-7H3/b15-14+. The molecule has 0 radical (unpaired) electrons. The molecule has 0 aliphatic carbocycles. The highest BCUT2D eigenvalue weighted by Gasteiger charge is 2.25. The molecule has 0 rings (SSSR count). The summed E-state index contributed by atoms with van der Waals surface area (Å²) in [4.78, 5) is 26.5. The van der Waals surface area contributed by atoms with Gasteiger partial charge in [-0.3, -0.25) is 9.59 Å². The molecule has 5 nitrogen and oxygen atoms in total. The van der Waals surface area contributed by atoms with E-state index in [-0.39, 0.29) is 23.8 Å². The predicted octanol–water partition coefficient (Wildman–Crippen LogP) is 6.94. The van der Waals surface area contributed by atoms with Crippen LogP contribution in [0.2, 0.25) is 0 Å². The molecule has 0 N–H and O–H groups in total. The van der Waals surface area contributed by atoms with Crippen LogP contribution in [0.15, 0.2) is 12.2 Å². The third-order valence-corrected chi connectivity index (χ3v) is 6.11. The molecule has 0 amide bonds. The van der Waals surface area contributed by atoms with Gasteiger partial charge in [0.05, 0.1) is 11.8 Å². The van der Waals surface area contributed by atoms with Gasteiger partial charge in [-0.1, -0.05) is 77.9 Å². The zero-order valence-corrected chi connectivity index (χ0v) is 22.7. The molecule has 0 bridgehead atoms. The smallest absolute Gasteiger partial charge is 0.310 e. The zero-order valence-electron chi connectivity index (χ0n) is 22.7. The Hall–Kier alpha value is -1.36. The Kier molecular flexibility index (Phi) is 19.2. The van der Waals surface area contributed by atoms with Crippen LogP contribution in [0.1, 0.15) is 112 Å². The molecule has 4 atom stereocenters. The number of rotatable bonds is 20. The van der Waals surface area contributed by atoms with Crippen LogP contribution in [0.25, 0.3) is 0 Å². The summed E-state index contributed by atoms with van der Waals surface area (Å²) in [6.07, 6.45) is 18.3. The van der Waals surface area contributed by atoms with Gasteiger partial charge in [-0.05, 0) is 60.0 Å². The number of unbranched alkanes of at least 4 members (excludes halogenated alkanes) is 9. The minimum atomic E-state index is -0.456. The molecule has 0 fully saturated rings. The van der Waals surface area contributed by atoms with E-state index < -0.39 is 12.2 Å². The second-order valence-electron chi connectivity index (χ2n) is 10.0. The van der Waals surface area contributed by atoms with E-state index >= 15 is 0 Å². The van der Waals surface area contributed by atoms with Gasteiger partial charge in [-0.15, -0.1) is 0 Å². The summed E-state index contributed by atoms with van der Waals surface area (Å²) in [5.41, 5.74) is 0. The van der Waals surface area contributed by atoms with Gasteiger partial charge < -0.3 is 14.4 Å². The van der Waals surface area contributed by atoms with Crippen molar-refractivity contribution in [3.05, 3.63) is 12.2 Å². The van der Waals surface area contributed by atoms with E-state index in [9.17, 15) is 9.59 Å². The lowest BCUT2D eigenvalue weighted by Gasteiger charge is -2.24. The molecule has 0 saturated heterocycles. The van der Waals surface area contributed by atoms with Crippen LogP contribution in [0.4, 0.5) is 0 Å². The van der Waals surface area contributed by atoms with Gasteiger partial charge in [0.25, 0.3) is 0 Å². The van der Waals surface area contributed by atoms with E-state index in [1.807, 2.05) is 32.8 Å². The molecule has 194 valence electrons. The van der Waals surface area contributed by atoms with Crippen LogP contribution in [0.5, 0.6) is 0 Å². The van der Waals surface area contributed by atoms with Crippen LogP contribution >= 0.6 is 0 Å². The second kappa shape index (κ2) is 20.1. The highest BCUT2D eigenvalue weighted by atomic mass is 16.6. The first-order valence-electron chi connectivity index (χ1n) is 13.4. The molecule has 0 aromatic carbocycles. The summed E-state index contributed by atoms with van der Waals surface area (Å²) in [6, 6.07) is 0. The number of hydrogen-bond acceptors (Lipinski definition) is 5. The van der Waals surface area contributed by atoms with Gasteiger partial charge in [0.1, 0.15) is 12.2 Å². The van der Waals surface area contributed by atoms with Crippen molar-refractivity contribution in [1.82, 2.24) is 4.90 Å². The van der Waals surface area contributed by atoms with Crippen molar-refractivity contribution in [2.45, 2.75) is 124 Å². The van der Waals surface area contributed by atoms with E-state index in [0.29, 0.717) is 6.54 Å². The van der Waals surface area contributed by atoms with Crippen LogP contribution in [-0.2, 0) is 19.1 Å². The highest BCUT2D eigenvalue weighted by molar-refractivity contribution is 5.73. The molecular weight excluding hydrogens is 414 g/mol. The van der Waals surface area contributed by atoms with E-state index in [0.717, 1.165) is 25.7 Å². The Morgan fingerprint density at radius 1 is 0.697 bits per heavy atom. The van der Waals surface area contributed by atoms with Gasteiger partial charge in [0, 0.05) is 6.54 Å². The molecular formula is C28H53NO4. The van der Waals surface area contributed by atoms with Crippen molar-refractivity contribution in [1.29, 1.82) is 0 Å². The normalized spacial score (nSPS) is 15.4. The molecule has 0 aliphatic heterocycles. The van der Waals surface area contributed by atoms with Crippen molar-refractivity contribution in [2.75, 3.05) is 20.6 Å². The highest BCUT2D eigenvalue weighted by Crippen LogP contribution is 2.16. The SMILES string of the molecule is CCCCCCC/C=C/CCCCCCC(C)C(=O)OC(C)C(C)OC(=O)C(C)CN(C)C. The van der Waals surface area contributed by atoms with Crippen molar-refractivity contribution in [3.63, 3.8) is 0 Å². The average molecular weight is 468 g/mol. The zero-order chi connectivity index (χ0) is 25.1. The maximum absolute atomic E-state index is 12.4. The minimum Gasteiger partial charge on any atom is -0.459 e. The molecule has 0 saturated carbocycles. The molecule has 0 heterocycles. The Morgan fingerprint density at radius 2 is 1.15 bits per heavy atom. The number of allylic oxidation sites excluding steroid dienone is 2. The Bertz CT molecular complexity index is 532. The summed E-state index contributed by atoms with van der Waals surface area (Å²) in [5, 5.41) is 0. The predicted molar refractivity (Wildman–Crippen MR) is 138 cm³/mol. The molecule has 33 heavy (non-hydrogen) atoms. The monoisotopic (exact) mass is 467 g/mol. The van der Waals surface area contributed by atoms with Crippen LogP contribution < -0.4 is 0 Å². The third kappa shape index (κ3) is 17.7. The fraction of sp³-hybridized carbons (Fsp3) is 0.857. The second-order valence-corrected chi connectivity index (χ2v) is 10.0. The van der Waals surface area contributed by atoms with E-state index in [1.54, 1.807) is 13.8 Å². The quantitative estimate of drug-likeness (QED) is 0.110. The first-order chi connectivity index (χ1) is 15.7. The Labute approximate surface area is 204 Å². The first-order valence-corrected chi connectivity index (χ1v) is 13.4. The van der Waals surface area contributed by atoms with E-state index in [4.69, 9.17) is 9.47 Å². The maximum Gasteiger partial charge on any atom is 0.310 e. The topological polar surface area (TPSA) is 55.8 Å². The van der Waals surface area contributed by atoms with Crippen molar-refractivity contribution in [3.8, 4) is 0 Å². The fourth-order valence-electron chi connectivity index (χ4n) is 3.70. The van der Waals surface area contributed by atoms with Crippen molar-refractivity contribution >= 4 is 11.9 Å².